The lowest BCUT2D eigenvalue weighted by Gasteiger charge is -2.37. The Labute approximate surface area is 201 Å². The molecular formula is C24H38N4O6. The molecule has 0 aliphatic carbocycles. The first-order valence-corrected chi connectivity index (χ1v) is 11.3. The fourth-order valence-electron chi connectivity index (χ4n) is 3.31. The Bertz CT molecular complexity index is 861. The van der Waals surface area contributed by atoms with E-state index in [0.29, 0.717) is 5.56 Å². The van der Waals surface area contributed by atoms with Crippen LogP contribution in [-0.4, -0.2) is 57.5 Å². The molecule has 0 radical (unpaired) electrons. The molecule has 0 aliphatic heterocycles. The molecule has 2 unspecified atom stereocenters. The van der Waals surface area contributed by atoms with Crippen molar-refractivity contribution in [2.24, 2.45) is 5.73 Å². The summed E-state index contributed by atoms with van der Waals surface area (Å²) < 4.78 is 5.28. The Kier molecular flexibility index (Phi) is 10.3. The molecule has 34 heavy (non-hydrogen) atoms. The third kappa shape index (κ3) is 9.29. The monoisotopic (exact) mass is 478 g/mol. The maximum Gasteiger partial charge on any atom is 0.408 e. The van der Waals surface area contributed by atoms with Crippen molar-refractivity contribution in [3.05, 3.63) is 29.8 Å². The van der Waals surface area contributed by atoms with Crippen molar-refractivity contribution >= 4 is 23.8 Å². The smallest absolute Gasteiger partial charge is 0.408 e. The topological polar surface area (TPSA) is 151 Å². The minimum atomic E-state index is -1.16. The van der Waals surface area contributed by atoms with Gasteiger partial charge in [0.1, 0.15) is 23.4 Å². The first-order chi connectivity index (χ1) is 15.6. The number of aromatic hydroxyl groups is 1. The summed E-state index contributed by atoms with van der Waals surface area (Å²) in [6.45, 7) is 12.1. The average molecular weight is 479 g/mol. The van der Waals surface area contributed by atoms with Crippen molar-refractivity contribution in [1.82, 2.24) is 15.5 Å². The Morgan fingerprint density at radius 1 is 1.03 bits per heavy atom. The van der Waals surface area contributed by atoms with Crippen LogP contribution in [0.5, 0.6) is 5.75 Å². The number of phenolic OH excluding ortho intramolecular Hbond substituents is 1. The number of benzene rings is 1. The number of rotatable bonds is 10. The highest BCUT2D eigenvalue weighted by atomic mass is 16.6. The second kappa shape index (κ2) is 12.2. The van der Waals surface area contributed by atoms with Gasteiger partial charge in [-0.25, -0.2) is 4.79 Å². The third-order valence-electron chi connectivity index (χ3n) is 4.65. The molecule has 0 saturated carbocycles. The molecule has 190 valence electrons. The van der Waals surface area contributed by atoms with Gasteiger partial charge in [-0.1, -0.05) is 12.1 Å². The van der Waals surface area contributed by atoms with E-state index in [-0.39, 0.29) is 24.6 Å². The minimum absolute atomic E-state index is 0.0140. The maximum absolute atomic E-state index is 13.7. The normalized spacial score (nSPS) is 13.2. The van der Waals surface area contributed by atoms with Gasteiger partial charge in [0, 0.05) is 18.5 Å². The Morgan fingerprint density at radius 2 is 1.59 bits per heavy atom. The maximum atomic E-state index is 13.7. The van der Waals surface area contributed by atoms with Gasteiger partial charge in [-0.15, -0.1) is 0 Å². The molecule has 5 N–H and O–H groups in total. The molecule has 0 bridgehead atoms. The first-order valence-electron chi connectivity index (χ1n) is 11.3. The molecule has 0 fully saturated rings. The molecule has 10 nitrogen and oxygen atoms in total. The summed E-state index contributed by atoms with van der Waals surface area (Å²) in [7, 11) is 0. The highest BCUT2D eigenvalue weighted by Gasteiger charge is 2.38. The molecule has 0 aliphatic rings. The van der Waals surface area contributed by atoms with E-state index >= 15 is 0 Å². The molecule has 1 aromatic rings. The number of hydrogen-bond donors (Lipinski definition) is 4. The van der Waals surface area contributed by atoms with E-state index in [1.54, 1.807) is 60.6 Å². The van der Waals surface area contributed by atoms with Crippen LogP contribution in [0.15, 0.2) is 24.3 Å². The van der Waals surface area contributed by atoms with Gasteiger partial charge >= 0.3 is 6.09 Å². The standard InChI is InChI=1S/C24H38N4O6/c1-14(2)26-21(31)20(16-8-10-17(29)11-9-16)28(15(3)4)22(32)18(12-13-19(25)30)27-23(33)34-24(5,6)7/h8-11,14-15,18,20,29H,12-13H2,1-7H3,(H2,25,30)(H,26,31)(H,27,33). The van der Waals surface area contributed by atoms with Crippen molar-refractivity contribution in [1.29, 1.82) is 0 Å². The molecule has 1 aromatic carbocycles. The zero-order valence-corrected chi connectivity index (χ0v) is 21.0. The van der Waals surface area contributed by atoms with Gasteiger partial charge in [-0.05, 0) is 72.6 Å². The molecule has 0 heterocycles. The summed E-state index contributed by atoms with van der Waals surface area (Å²) in [5.41, 5.74) is 4.96. The number of hydrogen-bond acceptors (Lipinski definition) is 6. The molecular weight excluding hydrogens is 440 g/mol. The van der Waals surface area contributed by atoms with Crippen LogP contribution < -0.4 is 16.4 Å². The fourth-order valence-corrected chi connectivity index (χ4v) is 3.31. The van der Waals surface area contributed by atoms with Gasteiger partial charge in [0.05, 0.1) is 0 Å². The van der Waals surface area contributed by atoms with Crippen molar-refractivity contribution in [3.8, 4) is 5.75 Å². The predicted octanol–water partition coefficient (Wildman–Crippen LogP) is 2.35. The highest BCUT2D eigenvalue weighted by molar-refractivity contribution is 5.92. The number of carbonyl (C=O) groups is 4. The first kappa shape index (κ1) is 28.7. The summed E-state index contributed by atoms with van der Waals surface area (Å²) in [4.78, 5) is 52.2. The lowest BCUT2D eigenvalue weighted by Crippen LogP contribution is -2.55. The lowest BCUT2D eigenvalue weighted by atomic mass is 9.99. The minimum Gasteiger partial charge on any atom is -0.508 e. The van der Waals surface area contributed by atoms with Crippen LogP contribution >= 0.6 is 0 Å². The fraction of sp³-hybridized carbons (Fsp3) is 0.583. The van der Waals surface area contributed by atoms with E-state index in [0.717, 1.165) is 0 Å². The zero-order valence-electron chi connectivity index (χ0n) is 21.0. The van der Waals surface area contributed by atoms with E-state index in [9.17, 15) is 24.3 Å². The summed E-state index contributed by atoms with van der Waals surface area (Å²) >= 11 is 0. The second-order valence-electron chi connectivity index (χ2n) is 9.70. The summed E-state index contributed by atoms with van der Waals surface area (Å²) in [5, 5.41) is 15.0. The number of alkyl carbamates (subject to hydrolysis) is 1. The lowest BCUT2D eigenvalue weighted by molar-refractivity contribution is -0.145. The van der Waals surface area contributed by atoms with Crippen LogP contribution in [0.25, 0.3) is 0 Å². The summed E-state index contributed by atoms with van der Waals surface area (Å²) in [5.74, 6) is -1.61. The van der Waals surface area contributed by atoms with Crippen LogP contribution in [0.4, 0.5) is 4.79 Å². The number of primary amides is 1. The SMILES string of the molecule is CC(C)NC(=O)C(c1ccc(O)cc1)N(C(=O)C(CCC(N)=O)NC(=O)OC(C)(C)C)C(C)C. The molecule has 10 heteroatoms. The van der Waals surface area contributed by atoms with E-state index in [2.05, 4.69) is 10.6 Å². The molecule has 4 amide bonds. The van der Waals surface area contributed by atoms with Crippen molar-refractivity contribution in [3.63, 3.8) is 0 Å². The number of nitrogens with zero attached hydrogens (tertiary/aromatic N) is 1. The van der Waals surface area contributed by atoms with Crippen LogP contribution in [0.2, 0.25) is 0 Å². The van der Waals surface area contributed by atoms with Gasteiger partial charge in [0.25, 0.3) is 0 Å². The summed E-state index contributed by atoms with van der Waals surface area (Å²) in [6, 6.07) is 3.12. The molecule has 1 rings (SSSR count). The van der Waals surface area contributed by atoms with Crippen LogP contribution in [0.3, 0.4) is 0 Å². The van der Waals surface area contributed by atoms with Crippen molar-refractivity contribution < 1.29 is 29.0 Å². The Hall–Kier alpha value is -3.30. The number of nitrogens with one attached hydrogen (secondary N) is 2. The highest BCUT2D eigenvalue weighted by Crippen LogP contribution is 2.27. The van der Waals surface area contributed by atoms with E-state index in [1.807, 2.05) is 0 Å². The van der Waals surface area contributed by atoms with Gasteiger partial charge in [0.15, 0.2) is 0 Å². The van der Waals surface area contributed by atoms with Crippen LogP contribution in [0.1, 0.15) is 72.9 Å². The van der Waals surface area contributed by atoms with Gasteiger partial charge in [0.2, 0.25) is 17.7 Å². The Morgan fingerprint density at radius 3 is 2.03 bits per heavy atom. The van der Waals surface area contributed by atoms with E-state index in [1.165, 1.54) is 17.0 Å². The number of carbonyl (C=O) groups excluding carboxylic acids is 4. The number of amides is 4. The number of nitrogens with two attached hydrogens (primary N) is 1. The predicted molar refractivity (Wildman–Crippen MR) is 128 cm³/mol. The van der Waals surface area contributed by atoms with E-state index in [4.69, 9.17) is 10.5 Å². The molecule has 0 spiro atoms. The van der Waals surface area contributed by atoms with Crippen molar-refractivity contribution in [2.45, 2.75) is 91.1 Å². The molecule has 0 saturated heterocycles. The van der Waals surface area contributed by atoms with Crippen LogP contribution in [0, 0.1) is 0 Å². The quantitative estimate of drug-likeness (QED) is 0.405. The largest absolute Gasteiger partial charge is 0.508 e. The van der Waals surface area contributed by atoms with Gasteiger partial charge in [-0.3, -0.25) is 14.4 Å². The third-order valence-corrected chi connectivity index (χ3v) is 4.65. The number of ether oxygens (including phenoxy) is 1. The van der Waals surface area contributed by atoms with E-state index < -0.39 is 47.5 Å². The molecule has 0 aromatic heterocycles. The van der Waals surface area contributed by atoms with Crippen LogP contribution in [-0.2, 0) is 19.1 Å². The van der Waals surface area contributed by atoms with Crippen molar-refractivity contribution in [2.75, 3.05) is 0 Å². The van der Waals surface area contributed by atoms with Gasteiger partial charge in [-0.2, -0.15) is 0 Å². The zero-order chi connectivity index (χ0) is 26.2. The molecule has 2 atom stereocenters. The summed E-state index contributed by atoms with van der Waals surface area (Å²) in [6.07, 6.45) is -1.04. The second-order valence-corrected chi connectivity index (χ2v) is 9.70. The average Bonchev–Trinajstić information content (AvgIpc) is 2.67. The number of phenols is 1. The Balaban J connectivity index is 3.43. The van der Waals surface area contributed by atoms with Gasteiger partial charge < -0.3 is 31.1 Å².